The normalized spacial score (nSPS) is 15.5. The van der Waals surface area contributed by atoms with Gasteiger partial charge in [-0.25, -0.2) is 0 Å². The Kier molecular flexibility index (Phi) is 8.03. The smallest absolute Gasteiger partial charge is 0.308 e. The van der Waals surface area contributed by atoms with Crippen LogP contribution in [0, 0.1) is 16.0 Å². The second kappa shape index (κ2) is 10.5. The van der Waals surface area contributed by atoms with E-state index >= 15 is 0 Å². The molecule has 27 heavy (non-hydrogen) atoms. The van der Waals surface area contributed by atoms with Gasteiger partial charge in [0.15, 0.2) is 5.96 Å². The molecule has 1 aliphatic heterocycles. The number of carbonyl (C=O) groups excluding carboxylic acids is 1. The summed E-state index contributed by atoms with van der Waals surface area (Å²) in [5.74, 6) is 0.739. The van der Waals surface area contributed by atoms with E-state index in [1.54, 1.807) is 19.2 Å². The summed E-state index contributed by atoms with van der Waals surface area (Å²) in [6.07, 6.45) is 4.44. The van der Waals surface area contributed by atoms with Gasteiger partial charge in [0.2, 0.25) is 0 Å². The number of aryl methyl sites for hydroxylation is 1. The minimum atomic E-state index is -0.382. The maximum absolute atomic E-state index is 11.6. The lowest BCUT2D eigenvalue weighted by molar-refractivity contribution is -0.384. The molecule has 0 aliphatic carbocycles. The summed E-state index contributed by atoms with van der Waals surface area (Å²) in [4.78, 5) is 28.4. The number of hydrogen-bond acceptors (Lipinski definition) is 5. The summed E-state index contributed by atoms with van der Waals surface area (Å²) in [6.45, 7) is 2.40. The number of aliphatic imine (C=N–C) groups is 1. The molecular weight excluding hydrogens is 348 g/mol. The van der Waals surface area contributed by atoms with Crippen LogP contribution >= 0.6 is 0 Å². The number of piperidine rings is 1. The van der Waals surface area contributed by atoms with Gasteiger partial charge in [-0.1, -0.05) is 12.1 Å². The molecule has 2 rings (SSSR count). The Balaban J connectivity index is 1.66. The van der Waals surface area contributed by atoms with Crippen molar-refractivity contribution in [2.75, 3.05) is 33.8 Å². The summed E-state index contributed by atoms with van der Waals surface area (Å²) in [5, 5.41) is 14.0. The molecule has 0 spiro atoms. The van der Waals surface area contributed by atoms with E-state index in [1.807, 2.05) is 12.1 Å². The number of carbonyl (C=O) groups is 1. The molecule has 0 unspecified atom stereocenters. The number of nitrogens with zero attached hydrogens (tertiary/aromatic N) is 3. The van der Waals surface area contributed by atoms with Gasteiger partial charge in [-0.3, -0.25) is 19.9 Å². The summed E-state index contributed by atoms with van der Waals surface area (Å²) in [5.41, 5.74) is 1.23. The first-order chi connectivity index (χ1) is 13.0. The molecule has 0 saturated carbocycles. The van der Waals surface area contributed by atoms with E-state index < -0.39 is 0 Å². The third-order valence-corrected chi connectivity index (χ3v) is 4.86. The zero-order chi connectivity index (χ0) is 19.6. The highest BCUT2D eigenvalue weighted by Gasteiger charge is 2.26. The molecule has 0 bridgehead atoms. The van der Waals surface area contributed by atoms with Crippen molar-refractivity contribution < 1.29 is 14.5 Å². The topological polar surface area (TPSA) is 97.1 Å². The van der Waals surface area contributed by atoms with Crippen molar-refractivity contribution in [3.63, 3.8) is 0 Å². The predicted octanol–water partition coefficient (Wildman–Crippen LogP) is 2.38. The van der Waals surface area contributed by atoms with Crippen LogP contribution in [0.3, 0.4) is 0 Å². The van der Waals surface area contributed by atoms with Crippen molar-refractivity contribution in [1.82, 2.24) is 10.2 Å². The standard InChI is InChI=1S/C19H28N4O4/c1-20-19(22-13-10-16(11-14-22)18(24)27-2)21-12-4-3-5-15-6-8-17(9-7-15)23(25)26/h6-9,16H,3-5,10-14H2,1-2H3,(H,20,21). The van der Waals surface area contributed by atoms with Gasteiger partial charge in [-0.15, -0.1) is 0 Å². The van der Waals surface area contributed by atoms with Crippen molar-refractivity contribution in [3.8, 4) is 0 Å². The highest BCUT2D eigenvalue weighted by Crippen LogP contribution is 2.18. The van der Waals surface area contributed by atoms with Crippen LogP contribution in [0.2, 0.25) is 0 Å². The molecule has 0 radical (unpaired) electrons. The number of nitrogens with one attached hydrogen (secondary N) is 1. The first-order valence-corrected chi connectivity index (χ1v) is 9.32. The van der Waals surface area contributed by atoms with E-state index in [9.17, 15) is 14.9 Å². The molecular formula is C19H28N4O4. The Bertz CT molecular complexity index is 652. The molecule has 1 fully saturated rings. The number of unbranched alkanes of at least 4 members (excludes halogenated alkanes) is 1. The molecule has 1 saturated heterocycles. The van der Waals surface area contributed by atoms with Gasteiger partial charge in [0.05, 0.1) is 18.0 Å². The monoisotopic (exact) mass is 376 g/mol. The second-order valence-corrected chi connectivity index (χ2v) is 6.64. The van der Waals surface area contributed by atoms with E-state index in [4.69, 9.17) is 4.74 Å². The zero-order valence-electron chi connectivity index (χ0n) is 16.0. The van der Waals surface area contributed by atoms with Gasteiger partial charge in [0.25, 0.3) is 5.69 Å². The summed E-state index contributed by atoms with van der Waals surface area (Å²) >= 11 is 0. The van der Waals surface area contributed by atoms with Gasteiger partial charge in [-0.05, 0) is 37.7 Å². The van der Waals surface area contributed by atoms with E-state index in [-0.39, 0.29) is 22.5 Å². The lowest BCUT2D eigenvalue weighted by Gasteiger charge is -2.33. The van der Waals surface area contributed by atoms with Crippen LogP contribution in [0.15, 0.2) is 29.3 Å². The molecule has 0 amide bonds. The van der Waals surface area contributed by atoms with Crippen LogP contribution in [0.5, 0.6) is 0 Å². The molecule has 148 valence electrons. The first kappa shape index (κ1) is 20.7. The minimum Gasteiger partial charge on any atom is -0.469 e. The highest BCUT2D eigenvalue weighted by molar-refractivity contribution is 5.80. The fourth-order valence-corrected chi connectivity index (χ4v) is 3.26. The maximum Gasteiger partial charge on any atom is 0.308 e. The van der Waals surface area contributed by atoms with Crippen LogP contribution in [-0.2, 0) is 16.0 Å². The fourth-order valence-electron chi connectivity index (χ4n) is 3.26. The molecule has 1 aromatic carbocycles. The first-order valence-electron chi connectivity index (χ1n) is 9.32. The van der Waals surface area contributed by atoms with Crippen LogP contribution in [-0.4, -0.2) is 55.5 Å². The molecule has 1 N–H and O–H groups in total. The summed E-state index contributed by atoms with van der Waals surface area (Å²) in [6, 6.07) is 6.73. The Hall–Kier alpha value is -2.64. The van der Waals surface area contributed by atoms with Crippen LogP contribution in [0.25, 0.3) is 0 Å². The van der Waals surface area contributed by atoms with E-state index in [2.05, 4.69) is 15.2 Å². The number of benzene rings is 1. The quantitative estimate of drug-likeness (QED) is 0.196. The Morgan fingerprint density at radius 1 is 1.30 bits per heavy atom. The number of ether oxygens (including phenoxy) is 1. The van der Waals surface area contributed by atoms with E-state index in [0.29, 0.717) is 0 Å². The Morgan fingerprint density at radius 3 is 2.52 bits per heavy atom. The zero-order valence-corrected chi connectivity index (χ0v) is 16.0. The number of rotatable bonds is 7. The van der Waals surface area contributed by atoms with Gasteiger partial charge in [0, 0.05) is 38.8 Å². The number of non-ortho nitro benzene ring substituents is 1. The number of nitro groups is 1. The van der Waals surface area contributed by atoms with Gasteiger partial charge < -0.3 is 15.0 Å². The van der Waals surface area contributed by atoms with Crippen LogP contribution in [0.1, 0.15) is 31.2 Å². The fraction of sp³-hybridized carbons (Fsp3) is 0.579. The summed E-state index contributed by atoms with van der Waals surface area (Å²) < 4.78 is 4.82. The highest BCUT2D eigenvalue weighted by atomic mass is 16.6. The van der Waals surface area contributed by atoms with Crippen molar-refractivity contribution in [2.45, 2.75) is 32.1 Å². The van der Waals surface area contributed by atoms with Crippen molar-refractivity contribution in [1.29, 1.82) is 0 Å². The number of methoxy groups -OCH3 is 1. The van der Waals surface area contributed by atoms with Gasteiger partial charge in [-0.2, -0.15) is 0 Å². The van der Waals surface area contributed by atoms with Gasteiger partial charge in [0.1, 0.15) is 0 Å². The Morgan fingerprint density at radius 2 is 1.96 bits per heavy atom. The lowest BCUT2D eigenvalue weighted by Crippen LogP contribution is -2.46. The van der Waals surface area contributed by atoms with Crippen LogP contribution in [0.4, 0.5) is 5.69 Å². The van der Waals surface area contributed by atoms with Crippen molar-refractivity contribution in [2.24, 2.45) is 10.9 Å². The van der Waals surface area contributed by atoms with Crippen molar-refractivity contribution >= 4 is 17.6 Å². The molecule has 1 aromatic rings. The van der Waals surface area contributed by atoms with E-state index in [1.165, 1.54) is 7.11 Å². The molecule has 0 aromatic heterocycles. The number of hydrogen-bond donors (Lipinski definition) is 1. The maximum atomic E-state index is 11.6. The average Bonchev–Trinajstić information content (AvgIpc) is 2.70. The van der Waals surface area contributed by atoms with E-state index in [0.717, 1.165) is 63.3 Å². The number of esters is 1. The molecule has 1 heterocycles. The van der Waals surface area contributed by atoms with Crippen LogP contribution < -0.4 is 5.32 Å². The number of nitro benzene ring substituents is 1. The molecule has 8 heteroatoms. The molecule has 0 atom stereocenters. The third-order valence-electron chi connectivity index (χ3n) is 4.86. The molecule has 8 nitrogen and oxygen atoms in total. The van der Waals surface area contributed by atoms with Crippen molar-refractivity contribution in [3.05, 3.63) is 39.9 Å². The average molecular weight is 376 g/mol. The van der Waals surface area contributed by atoms with Gasteiger partial charge >= 0.3 is 5.97 Å². The lowest BCUT2D eigenvalue weighted by atomic mass is 9.97. The minimum absolute atomic E-state index is 0.00828. The number of likely N-dealkylation sites (tertiary alicyclic amines) is 1. The molecule has 1 aliphatic rings. The predicted molar refractivity (Wildman–Crippen MR) is 104 cm³/mol. The summed E-state index contributed by atoms with van der Waals surface area (Å²) in [7, 11) is 3.21. The second-order valence-electron chi connectivity index (χ2n) is 6.64. The third kappa shape index (κ3) is 6.23. The SMILES string of the molecule is CN=C(NCCCCc1ccc([N+](=O)[O-])cc1)N1CCC(C(=O)OC)CC1. The largest absolute Gasteiger partial charge is 0.469 e. The number of guanidine groups is 1. The Labute approximate surface area is 159 Å².